The fourth-order valence-electron chi connectivity index (χ4n) is 0.426. The van der Waals surface area contributed by atoms with E-state index in [1.165, 1.54) is 0 Å². The van der Waals surface area contributed by atoms with Gasteiger partial charge in [0.25, 0.3) is 0 Å². The summed E-state index contributed by atoms with van der Waals surface area (Å²) in [6.07, 6.45) is 2.94. The number of unbranched alkanes of at least 4 members (excludes halogenated alkanes) is 1. The first-order valence-corrected chi connectivity index (χ1v) is 2.76. The molecule has 2 heteroatoms. The van der Waals surface area contributed by atoms with Crippen molar-refractivity contribution in [1.82, 2.24) is 0 Å². The van der Waals surface area contributed by atoms with E-state index in [9.17, 15) is 4.79 Å². The fraction of sp³-hybridized carbons (Fsp3) is 0.833. The first-order chi connectivity index (χ1) is 3.27. The molecule has 0 aromatic carbocycles. The highest BCUT2D eigenvalue weighted by Crippen LogP contribution is 1.92. The number of hydrogen-bond acceptors (Lipinski definition) is 1. The molecular weight excluding hydrogens is 107 g/mol. The lowest BCUT2D eigenvalue weighted by atomic mass is 10.2. The zero-order chi connectivity index (χ0) is 5.70. The molecule has 0 amide bonds. The number of Topliss-reactive ketones (excluding diaryl/α,β-unsaturated/α-hetero) is 1. The van der Waals surface area contributed by atoms with Crippen LogP contribution in [0.4, 0.5) is 4.70 Å². The predicted molar refractivity (Wildman–Crippen MR) is 32.7 cm³/mol. The van der Waals surface area contributed by atoms with Crippen LogP contribution in [0.5, 0.6) is 0 Å². The van der Waals surface area contributed by atoms with E-state index in [-0.39, 0.29) is 4.70 Å². The van der Waals surface area contributed by atoms with Crippen LogP contribution in [0.25, 0.3) is 0 Å². The average Bonchev–Trinajstić information content (AvgIpc) is 1.61. The Hall–Kier alpha value is -0.400. The molecule has 0 rings (SSSR count). The minimum atomic E-state index is 0. The smallest absolute Gasteiger partial charge is 0.129 e. The molecule has 0 fully saturated rings. The number of rotatable bonds is 3. The third-order valence-corrected chi connectivity index (χ3v) is 0.882. The summed E-state index contributed by atoms with van der Waals surface area (Å²) in [6.45, 7) is 3.72. The lowest BCUT2D eigenvalue weighted by molar-refractivity contribution is -0.117. The second kappa shape index (κ2) is 6.60. The van der Waals surface area contributed by atoms with Crippen molar-refractivity contribution in [2.24, 2.45) is 0 Å². The van der Waals surface area contributed by atoms with Gasteiger partial charge >= 0.3 is 0 Å². The summed E-state index contributed by atoms with van der Waals surface area (Å²) in [5.41, 5.74) is 0. The largest absolute Gasteiger partial charge is 0.300 e. The summed E-state index contributed by atoms with van der Waals surface area (Å²) in [7, 11) is 0. The van der Waals surface area contributed by atoms with Gasteiger partial charge in [-0.15, -0.1) is 0 Å². The van der Waals surface area contributed by atoms with Crippen LogP contribution in [-0.2, 0) is 4.79 Å². The first kappa shape index (κ1) is 10.6. The van der Waals surface area contributed by atoms with Crippen LogP contribution in [0.3, 0.4) is 0 Å². The fourth-order valence-corrected chi connectivity index (χ4v) is 0.426. The third-order valence-electron chi connectivity index (χ3n) is 0.882. The van der Waals surface area contributed by atoms with Gasteiger partial charge in [-0.3, -0.25) is 4.70 Å². The molecule has 0 aromatic rings. The predicted octanol–water partition coefficient (Wildman–Crippen LogP) is 1.92. The monoisotopic (exact) mass is 120 g/mol. The minimum absolute atomic E-state index is 0. The highest BCUT2D eigenvalue weighted by molar-refractivity contribution is 5.75. The van der Waals surface area contributed by atoms with E-state index in [0.29, 0.717) is 5.78 Å². The molecule has 0 heterocycles. The topological polar surface area (TPSA) is 17.1 Å². The molecule has 0 radical (unpaired) electrons. The number of halogens is 1. The lowest BCUT2D eigenvalue weighted by Crippen LogP contribution is -1.86. The van der Waals surface area contributed by atoms with Crippen molar-refractivity contribution in [3.05, 3.63) is 0 Å². The van der Waals surface area contributed by atoms with Crippen molar-refractivity contribution in [2.75, 3.05) is 0 Å². The number of hydrogen-bond donors (Lipinski definition) is 0. The van der Waals surface area contributed by atoms with E-state index in [4.69, 9.17) is 0 Å². The number of ketones is 1. The Labute approximate surface area is 49.5 Å². The highest BCUT2D eigenvalue weighted by Gasteiger charge is 1.87. The lowest BCUT2D eigenvalue weighted by Gasteiger charge is -1.86. The van der Waals surface area contributed by atoms with Gasteiger partial charge in [-0.05, 0) is 13.3 Å². The normalized spacial score (nSPS) is 7.75. The van der Waals surface area contributed by atoms with Crippen molar-refractivity contribution in [3.63, 3.8) is 0 Å². The van der Waals surface area contributed by atoms with E-state index >= 15 is 0 Å². The van der Waals surface area contributed by atoms with Gasteiger partial charge in [0.05, 0.1) is 0 Å². The van der Waals surface area contributed by atoms with Crippen LogP contribution in [0.1, 0.15) is 33.1 Å². The van der Waals surface area contributed by atoms with E-state index in [1.54, 1.807) is 6.92 Å². The molecule has 0 unspecified atom stereocenters. The molecule has 0 spiro atoms. The van der Waals surface area contributed by atoms with Gasteiger partial charge in [0, 0.05) is 6.42 Å². The van der Waals surface area contributed by atoms with Crippen molar-refractivity contribution in [3.8, 4) is 0 Å². The SMILES string of the molecule is CCCCC(C)=O.F. The molecule has 0 aliphatic carbocycles. The minimum Gasteiger partial charge on any atom is -0.300 e. The Kier molecular flexibility index (Phi) is 8.71. The molecular formula is C6H13FO. The van der Waals surface area contributed by atoms with Gasteiger partial charge < -0.3 is 4.79 Å². The molecule has 0 saturated heterocycles. The van der Waals surface area contributed by atoms with Crippen LogP contribution >= 0.6 is 0 Å². The van der Waals surface area contributed by atoms with Gasteiger partial charge in [-0.25, -0.2) is 0 Å². The zero-order valence-electron chi connectivity index (χ0n) is 5.44. The van der Waals surface area contributed by atoms with Crippen molar-refractivity contribution in [1.29, 1.82) is 0 Å². The summed E-state index contributed by atoms with van der Waals surface area (Å²) >= 11 is 0. The number of carbonyl (C=O) groups excluding carboxylic acids is 1. The van der Waals surface area contributed by atoms with Crippen LogP contribution in [-0.4, -0.2) is 5.78 Å². The molecule has 0 N–H and O–H groups in total. The molecule has 0 aliphatic rings. The second-order valence-electron chi connectivity index (χ2n) is 1.81. The van der Waals surface area contributed by atoms with Gasteiger partial charge in [0.2, 0.25) is 0 Å². The maximum atomic E-state index is 10.2. The Morgan fingerprint density at radius 2 is 2.00 bits per heavy atom. The van der Waals surface area contributed by atoms with Crippen LogP contribution < -0.4 is 0 Å². The van der Waals surface area contributed by atoms with Crippen molar-refractivity contribution >= 4 is 5.78 Å². The van der Waals surface area contributed by atoms with E-state index in [0.717, 1.165) is 19.3 Å². The van der Waals surface area contributed by atoms with Crippen molar-refractivity contribution in [2.45, 2.75) is 33.1 Å². The van der Waals surface area contributed by atoms with Crippen LogP contribution in [0.2, 0.25) is 0 Å². The average molecular weight is 120 g/mol. The molecule has 0 aromatic heterocycles. The third kappa shape index (κ3) is 9.14. The summed E-state index contributed by atoms with van der Waals surface area (Å²) < 4.78 is 0. The van der Waals surface area contributed by atoms with Crippen LogP contribution in [0, 0.1) is 0 Å². The summed E-state index contributed by atoms with van der Waals surface area (Å²) in [5, 5.41) is 0. The maximum Gasteiger partial charge on any atom is 0.129 e. The first-order valence-electron chi connectivity index (χ1n) is 2.76. The van der Waals surface area contributed by atoms with E-state index < -0.39 is 0 Å². The summed E-state index contributed by atoms with van der Waals surface area (Å²) in [5.74, 6) is 0.307. The van der Waals surface area contributed by atoms with E-state index in [2.05, 4.69) is 6.92 Å². The molecule has 0 bridgehead atoms. The zero-order valence-corrected chi connectivity index (χ0v) is 5.44. The molecule has 0 saturated carbocycles. The Morgan fingerprint density at radius 1 is 1.50 bits per heavy atom. The highest BCUT2D eigenvalue weighted by atomic mass is 19.0. The van der Waals surface area contributed by atoms with Crippen LogP contribution in [0.15, 0.2) is 0 Å². The molecule has 0 aliphatic heterocycles. The van der Waals surface area contributed by atoms with Gasteiger partial charge in [0.15, 0.2) is 0 Å². The Bertz CT molecular complexity index is 61.5. The summed E-state index contributed by atoms with van der Waals surface area (Å²) in [4.78, 5) is 10.2. The Balaban J connectivity index is 0. The maximum absolute atomic E-state index is 10.2. The molecule has 8 heavy (non-hydrogen) atoms. The molecule has 0 atom stereocenters. The van der Waals surface area contributed by atoms with E-state index in [1.807, 2.05) is 0 Å². The molecule has 1 nitrogen and oxygen atoms in total. The Morgan fingerprint density at radius 3 is 2.12 bits per heavy atom. The number of carbonyl (C=O) groups is 1. The van der Waals surface area contributed by atoms with Crippen molar-refractivity contribution < 1.29 is 9.50 Å². The van der Waals surface area contributed by atoms with Gasteiger partial charge in [-0.2, -0.15) is 0 Å². The van der Waals surface area contributed by atoms with Gasteiger partial charge in [0.1, 0.15) is 5.78 Å². The quantitative estimate of drug-likeness (QED) is 0.556. The standard InChI is InChI=1S/C6H12O.FH/c1-3-4-5-6(2)7;/h3-5H2,1-2H3;1H. The second-order valence-corrected chi connectivity index (χ2v) is 1.81. The van der Waals surface area contributed by atoms with Gasteiger partial charge in [-0.1, -0.05) is 13.3 Å². The molecule has 50 valence electrons. The summed E-state index contributed by atoms with van der Waals surface area (Å²) in [6, 6.07) is 0.